The monoisotopic (exact) mass is 501 g/mol. The van der Waals surface area contributed by atoms with E-state index in [0.29, 0.717) is 46.5 Å². The van der Waals surface area contributed by atoms with E-state index in [9.17, 15) is 18.8 Å². The minimum Gasteiger partial charge on any atom is -0.444 e. The van der Waals surface area contributed by atoms with Crippen LogP contribution in [0.3, 0.4) is 0 Å². The fourth-order valence-corrected chi connectivity index (χ4v) is 5.06. The molecule has 0 fully saturated rings. The van der Waals surface area contributed by atoms with Gasteiger partial charge in [-0.1, -0.05) is 6.07 Å². The van der Waals surface area contributed by atoms with Crippen molar-refractivity contribution in [3.8, 4) is 0 Å². The van der Waals surface area contributed by atoms with Crippen molar-refractivity contribution in [2.45, 2.75) is 39.5 Å². The van der Waals surface area contributed by atoms with E-state index in [4.69, 9.17) is 4.74 Å². The number of carbonyl (C=O) groups excluding carboxylic acids is 3. The van der Waals surface area contributed by atoms with Crippen LogP contribution in [-0.2, 0) is 27.4 Å². The highest BCUT2D eigenvalue weighted by molar-refractivity contribution is 6.49. The largest absolute Gasteiger partial charge is 0.444 e. The van der Waals surface area contributed by atoms with E-state index >= 15 is 0 Å². The van der Waals surface area contributed by atoms with Crippen molar-refractivity contribution in [3.05, 3.63) is 71.6 Å². The van der Waals surface area contributed by atoms with Crippen molar-refractivity contribution in [3.63, 3.8) is 0 Å². The Balaban J connectivity index is 1.52. The lowest BCUT2D eigenvalue weighted by atomic mass is 9.98. The molecule has 37 heavy (non-hydrogen) atoms. The number of halogens is 1. The first-order valence-corrected chi connectivity index (χ1v) is 11.9. The smallest absolute Gasteiger partial charge is 0.410 e. The van der Waals surface area contributed by atoms with E-state index in [1.54, 1.807) is 54.7 Å². The number of nitrogens with one attached hydrogen (secondary N) is 1. The van der Waals surface area contributed by atoms with Crippen LogP contribution in [0.2, 0.25) is 0 Å². The van der Waals surface area contributed by atoms with Gasteiger partial charge in [0.1, 0.15) is 17.1 Å². The van der Waals surface area contributed by atoms with Crippen molar-refractivity contribution < 1.29 is 23.5 Å². The maximum absolute atomic E-state index is 14.9. The number of fused-ring (bicyclic) bond motifs is 1. The third kappa shape index (κ3) is 3.76. The molecule has 0 unspecified atom stereocenters. The lowest BCUT2D eigenvalue weighted by Crippen LogP contribution is -2.37. The summed E-state index contributed by atoms with van der Waals surface area (Å²) in [6.45, 7) is 6.27. The van der Waals surface area contributed by atoms with E-state index in [1.165, 1.54) is 12.1 Å². The SMILES string of the molecule is CC(C)(C)OC(=O)N1CCn2cc(C3=C(c4cnc5ccccn45)C(=O)NC3=O)c3cc(F)cc(c32)C1. The lowest BCUT2D eigenvalue weighted by Gasteiger charge is -2.26. The molecule has 1 N–H and O–H groups in total. The molecule has 0 atom stereocenters. The number of hydrogen-bond donors (Lipinski definition) is 1. The van der Waals surface area contributed by atoms with E-state index in [0.717, 1.165) is 0 Å². The van der Waals surface area contributed by atoms with Gasteiger partial charge in [-0.3, -0.25) is 19.3 Å². The van der Waals surface area contributed by atoms with E-state index in [1.807, 2.05) is 16.7 Å². The highest BCUT2D eigenvalue weighted by Gasteiger charge is 2.36. The number of amides is 3. The third-order valence-corrected chi connectivity index (χ3v) is 6.51. The molecule has 1 aromatic carbocycles. The zero-order valence-electron chi connectivity index (χ0n) is 20.5. The van der Waals surface area contributed by atoms with Gasteiger partial charge >= 0.3 is 6.09 Å². The number of pyridine rings is 1. The Morgan fingerprint density at radius 1 is 1.11 bits per heavy atom. The minimum atomic E-state index is -0.660. The fourth-order valence-electron chi connectivity index (χ4n) is 5.06. The number of aromatic nitrogens is 3. The van der Waals surface area contributed by atoms with Crippen molar-refractivity contribution in [2.24, 2.45) is 0 Å². The van der Waals surface area contributed by atoms with Crippen LogP contribution in [-0.4, -0.2) is 48.9 Å². The first kappa shape index (κ1) is 23.0. The van der Waals surface area contributed by atoms with Gasteiger partial charge in [-0.25, -0.2) is 14.2 Å². The third-order valence-electron chi connectivity index (χ3n) is 6.51. The van der Waals surface area contributed by atoms with Gasteiger partial charge in [0.2, 0.25) is 0 Å². The van der Waals surface area contributed by atoms with Crippen LogP contribution in [0, 0.1) is 5.82 Å². The topological polar surface area (TPSA) is 97.9 Å². The molecular formula is C27H24FN5O4. The van der Waals surface area contributed by atoms with E-state index < -0.39 is 29.3 Å². The number of imidazole rings is 1. The summed E-state index contributed by atoms with van der Waals surface area (Å²) in [5.74, 6) is -1.59. The van der Waals surface area contributed by atoms with Crippen LogP contribution in [0.1, 0.15) is 37.6 Å². The van der Waals surface area contributed by atoms with Crippen LogP contribution in [0.15, 0.2) is 48.9 Å². The predicted octanol–water partition coefficient (Wildman–Crippen LogP) is 3.75. The normalized spacial score (nSPS) is 16.1. The zero-order chi connectivity index (χ0) is 26.1. The molecular weight excluding hydrogens is 477 g/mol. The molecule has 0 aliphatic carbocycles. The number of imide groups is 1. The van der Waals surface area contributed by atoms with E-state index in [-0.39, 0.29) is 17.7 Å². The van der Waals surface area contributed by atoms with E-state index in [2.05, 4.69) is 10.3 Å². The van der Waals surface area contributed by atoms with Gasteiger partial charge in [0, 0.05) is 36.4 Å². The summed E-state index contributed by atoms with van der Waals surface area (Å²) in [6, 6.07) is 8.20. The molecule has 10 heteroatoms. The van der Waals surface area contributed by atoms with Crippen molar-refractivity contribution in [1.82, 2.24) is 24.2 Å². The summed E-state index contributed by atoms with van der Waals surface area (Å²) in [5.41, 5.74) is 2.53. The zero-order valence-corrected chi connectivity index (χ0v) is 20.5. The van der Waals surface area contributed by atoms with Crippen LogP contribution < -0.4 is 5.32 Å². The average Bonchev–Trinajstić information content (AvgIpc) is 3.43. The fraction of sp³-hybridized carbons (Fsp3) is 0.259. The molecule has 0 saturated carbocycles. The second-order valence-electron chi connectivity index (χ2n) is 10.2. The Hall–Kier alpha value is -4.47. The number of ether oxygens (including phenoxy) is 1. The predicted molar refractivity (Wildman–Crippen MR) is 134 cm³/mol. The van der Waals surface area contributed by atoms with Crippen LogP contribution >= 0.6 is 0 Å². The summed E-state index contributed by atoms with van der Waals surface area (Å²) in [6.07, 6.45) is 4.59. The van der Waals surface area contributed by atoms with Crippen molar-refractivity contribution in [1.29, 1.82) is 0 Å². The Morgan fingerprint density at radius 2 is 1.89 bits per heavy atom. The van der Waals surface area contributed by atoms with Gasteiger partial charge in [-0.15, -0.1) is 0 Å². The summed E-state index contributed by atoms with van der Waals surface area (Å²) >= 11 is 0. The number of rotatable bonds is 2. The number of carbonyl (C=O) groups is 3. The second-order valence-corrected chi connectivity index (χ2v) is 10.2. The standard InChI is InChI=1S/C27H24FN5O4/c1-27(2,3)37-26(36)32-9-8-31-14-18(17-11-16(28)10-15(13-32)23(17)31)21-22(25(35)30-24(21)34)19-12-29-20-6-4-5-7-33(19)20/h4-7,10-12,14H,8-9,13H2,1-3H3,(H,30,34,35). The van der Waals surface area contributed by atoms with Crippen molar-refractivity contribution >= 4 is 45.6 Å². The summed E-state index contributed by atoms with van der Waals surface area (Å²) in [7, 11) is 0. The maximum Gasteiger partial charge on any atom is 0.410 e. The van der Waals surface area contributed by atoms with Gasteiger partial charge in [0.25, 0.3) is 11.8 Å². The van der Waals surface area contributed by atoms with Crippen LogP contribution in [0.5, 0.6) is 0 Å². The Bertz CT molecular complexity index is 1670. The number of benzene rings is 1. The van der Waals surface area contributed by atoms with Crippen LogP contribution in [0.25, 0.3) is 27.7 Å². The molecule has 6 rings (SSSR count). The molecule has 0 spiro atoms. The first-order valence-electron chi connectivity index (χ1n) is 11.9. The molecule has 5 heterocycles. The van der Waals surface area contributed by atoms with Gasteiger partial charge in [-0.2, -0.15) is 0 Å². The molecule has 0 bridgehead atoms. The highest BCUT2D eigenvalue weighted by Crippen LogP contribution is 2.38. The summed E-state index contributed by atoms with van der Waals surface area (Å²) in [4.78, 5) is 44.8. The molecule has 2 aliphatic rings. The molecule has 4 aromatic rings. The molecule has 0 radical (unpaired) electrons. The Labute approximate surface area is 211 Å². The van der Waals surface area contributed by atoms with Gasteiger partial charge < -0.3 is 14.2 Å². The summed E-state index contributed by atoms with van der Waals surface area (Å²) < 4.78 is 24.1. The molecule has 2 aliphatic heterocycles. The molecule has 3 aromatic heterocycles. The molecule has 9 nitrogen and oxygen atoms in total. The second kappa shape index (κ2) is 8.02. The Morgan fingerprint density at radius 3 is 2.68 bits per heavy atom. The number of hydrogen-bond acceptors (Lipinski definition) is 5. The minimum absolute atomic E-state index is 0.150. The first-order chi connectivity index (χ1) is 17.6. The van der Waals surface area contributed by atoms with Gasteiger partial charge in [0.15, 0.2) is 0 Å². The molecule has 3 amide bonds. The van der Waals surface area contributed by atoms with Crippen LogP contribution in [0.4, 0.5) is 9.18 Å². The highest BCUT2D eigenvalue weighted by atomic mass is 19.1. The summed E-state index contributed by atoms with van der Waals surface area (Å²) in [5, 5.41) is 2.89. The van der Waals surface area contributed by atoms with Gasteiger partial charge in [0.05, 0.1) is 35.1 Å². The Kier molecular flexibility index (Phi) is 4.98. The number of nitrogens with zero attached hydrogens (tertiary/aromatic N) is 4. The molecule has 0 saturated heterocycles. The van der Waals surface area contributed by atoms with Crippen molar-refractivity contribution in [2.75, 3.05) is 6.54 Å². The maximum atomic E-state index is 14.9. The average molecular weight is 502 g/mol. The lowest BCUT2D eigenvalue weighted by molar-refractivity contribution is -0.122. The quantitative estimate of drug-likeness (QED) is 0.422. The molecule has 188 valence electrons. The van der Waals surface area contributed by atoms with Gasteiger partial charge in [-0.05, 0) is 50.6 Å².